The van der Waals surface area contributed by atoms with Crippen molar-refractivity contribution in [3.63, 3.8) is 0 Å². The minimum absolute atomic E-state index is 0.121. The molecule has 1 atom stereocenters. The monoisotopic (exact) mass is 404 g/mol. The van der Waals surface area contributed by atoms with Crippen LogP contribution in [0.3, 0.4) is 0 Å². The lowest BCUT2D eigenvalue weighted by Gasteiger charge is -2.18. The maximum atomic E-state index is 13.2. The van der Waals surface area contributed by atoms with Crippen LogP contribution >= 0.6 is 0 Å². The smallest absolute Gasteiger partial charge is 0.166 e. The molecule has 0 aliphatic carbocycles. The molecule has 6 heteroatoms. The summed E-state index contributed by atoms with van der Waals surface area (Å²) in [4.78, 5) is 0. The predicted molar refractivity (Wildman–Crippen MR) is 98.1 cm³/mol. The molecule has 0 aliphatic rings. The molecule has 0 aliphatic heterocycles. The molecule has 0 aromatic heterocycles. The summed E-state index contributed by atoms with van der Waals surface area (Å²) in [6.45, 7) is 0. The quantitative estimate of drug-likeness (QED) is 0.322. The van der Waals surface area contributed by atoms with Gasteiger partial charge in [0.25, 0.3) is 0 Å². The van der Waals surface area contributed by atoms with Gasteiger partial charge in [0.2, 0.25) is 0 Å². The fourth-order valence-electron chi connectivity index (χ4n) is 2.83. The van der Waals surface area contributed by atoms with Crippen LogP contribution < -0.4 is 0 Å². The lowest BCUT2D eigenvalue weighted by Crippen LogP contribution is -2.13. The van der Waals surface area contributed by atoms with Gasteiger partial charge in [-0.15, -0.1) is 0 Å². The molecule has 0 saturated heterocycles. The van der Waals surface area contributed by atoms with Gasteiger partial charge in [-0.05, 0) is 41.5 Å². The number of rotatable bonds is 2. The minimum atomic E-state index is -4.91. The van der Waals surface area contributed by atoms with Crippen molar-refractivity contribution in [2.45, 2.75) is 18.3 Å². The number of hydrogen-bond donors (Lipinski definition) is 0. The number of hydrogen-bond acceptors (Lipinski definition) is 0. The summed E-state index contributed by atoms with van der Waals surface area (Å²) in [5.41, 5.74) is -1.77. The second-order valence-corrected chi connectivity index (χ2v) is 6.32. The van der Waals surface area contributed by atoms with Crippen LogP contribution in [0.25, 0.3) is 0 Å². The molecule has 0 amide bonds. The molecule has 0 heterocycles. The second-order valence-electron chi connectivity index (χ2n) is 6.32. The number of alkyl halides is 6. The van der Waals surface area contributed by atoms with Gasteiger partial charge in [0.05, 0.1) is 17.0 Å². The summed E-state index contributed by atoms with van der Waals surface area (Å²) < 4.78 is 79.5. The van der Waals surface area contributed by atoms with Crippen molar-refractivity contribution in [3.8, 4) is 11.8 Å². The second kappa shape index (κ2) is 8.04. The maximum absolute atomic E-state index is 13.2. The van der Waals surface area contributed by atoms with Gasteiger partial charge in [0.15, 0.2) is 0 Å². The van der Waals surface area contributed by atoms with Crippen molar-refractivity contribution in [3.05, 3.63) is 107 Å². The Labute approximate surface area is 163 Å². The Balaban J connectivity index is 2.19. The first-order chi connectivity index (χ1) is 13.6. The normalized spacial score (nSPS) is 12.8. The van der Waals surface area contributed by atoms with Crippen LogP contribution in [-0.4, -0.2) is 0 Å². The van der Waals surface area contributed by atoms with Gasteiger partial charge >= 0.3 is 12.4 Å². The van der Waals surface area contributed by atoms with Gasteiger partial charge in [0, 0.05) is 5.56 Å². The molecule has 3 aromatic rings. The highest BCUT2D eigenvalue weighted by Gasteiger charge is 2.37. The van der Waals surface area contributed by atoms with Crippen LogP contribution in [0.4, 0.5) is 26.3 Å². The summed E-state index contributed by atoms with van der Waals surface area (Å²) in [7, 11) is 0. The molecule has 0 nitrogen and oxygen atoms in total. The summed E-state index contributed by atoms with van der Waals surface area (Å²) in [5, 5.41) is 0. The standard InChI is InChI=1S/C23H14F6/c24-22(25,26)19-13-18(14-20(15-19)23(27,28)29)21(17-9-5-2-6-10-17)12-11-16-7-3-1-4-8-16/h1-10,13-15,21H. The molecule has 0 radical (unpaired) electrons. The topological polar surface area (TPSA) is 0 Å². The molecule has 0 fully saturated rings. The predicted octanol–water partition coefficient (Wildman–Crippen LogP) is 6.91. The Morgan fingerprint density at radius 1 is 0.586 bits per heavy atom. The fraction of sp³-hybridized carbons (Fsp3) is 0.130. The van der Waals surface area contributed by atoms with Crippen LogP contribution in [-0.2, 0) is 12.4 Å². The van der Waals surface area contributed by atoms with Gasteiger partial charge in [-0.25, -0.2) is 0 Å². The van der Waals surface area contributed by atoms with Crippen molar-refractivity contribution in [2.24, 2.45) is 0 Å². The van der Waals surface area contributed by atoms with Crippen molar-refractivity contribution >= 4 is 0 Å². The highest BCUT2D eigenvalue weighted by molar-refractivity contribution is 5.47. The Kier molecular flexibility index (Phi) is 5.69. The van der Waals surface area contributed by atoms with E-state index in [-0.39, 0.29) is 11.6 Å². The molecule has 29 heavy (non-hydrogen) atoms. The van der Waals surface area contributed by atoms with Gasteiger partial charge in [-0.2, -0.15) is 26.3 Å². The highest BCUT2D eigenvalue weighted by atomic mass is 19.4. The van der Waals surface area contributed by atoms with Crippen molar-refractivity contribution < 1.29 is 26.3 Å². The van der Waals surface area contributed by atoms with E-state index >= 15 is 0 Å². The third kappa shape index (κ3) is 5.20. The fourth-order valence-corrected chi connectivity index (χ4v) is 2.83. The molecular formula is C23H14F6. The zero-order valence-electron chi connectivity index (χ0n) is 14.9. The zero-order valence-corrected chi connectivity index (χ0v) is 14.9. The Morgan fingerprint density at radius 2 is 1.07 bits per heavy atom. The van der Waals surface area contributed by atoms with Crippen LogP contribution in [0.2, 0.25) is 0 Å². The third-order valence-electron chi connectivity index (χ3n) is 4.21. The number of halogens is 6. The SMILES string of the molecule is FC(F)(F)c1cc(C(C#Cc2ccccc2)c2ccccc2)cc(C(F)(F)F)c1. The zero-order chi connectivity index (χ0) is 21.1. The van der Waals surface area contributed by atoms with Crippen LogP contribution in [0.5, 0.6) is 0 Å². The average molecular weight is 404 g/mol. The molecular weight excluding hydrogens is 390 g/mol. The molecule has 148 valence electrons. The van der Waals surface area contributed by atoms with Crippen molar-refractivity contribution in [1.82, 2.24) is 0 Å². The molecule has 0 saturated carbocycles. The average Bonchev–Trinajstić information content (AvgIpc) is 2.68. The van der Waals surface area contributed by atoms with E-state index in [9.17, 15) is 26.3 Å². The van der Waals surface area contributed by atoms with E-state index in [4.69, 9.17) is 0 Å². The summed E-state index contributed by atoms with van der Waals surface area (Å²) in [5.74, 6) is 4.73. The first-order valence-electron chi connectivity index (χ1n) is 8.55. The summed E-state index contributed by atoms with van der Waals surface area (Å²) in [6, 6.07) is 18.5. The van der Waals surface area contributed by atoms with Gasteiger partial charge < -0.3 is 0 Å². The van der Waals surface area contributed by atoms with Crippen LogP contribution in [0.1, 0.15) is 33.7 Å². The molecule has 1 unspecified atom stereocenters. The van der Waals surface area contributed by atoms with Crippen LogP contribution in [0.15, 0.2) is 78.9 Å². The molecule has 0 spiro atoms. The van der Waals surface area contributed by atoms with Crippen molar-refractivity contribution in [2.75, 3.05) is 0 Å². The van der Waals surface area contributed by atoms with Crippen LogP contribution in [0, 0.1) is 11.8 Å². The first kappa shape index (κ1) is 20.5. The first-order valence-corrected chi connectivity index (χ1v) is 8.55. The lowest BCUT2D eigenvalue weighted by molar-refractivity contribution is -0.143. The Bertz CT molecular complexity index is 990. The minimum Gasteiger partial charge on any atom is -0.166 e. The molecule has 0 bridgehead atoms. The highest BCUT2D eigenvalue weighted by Crippen LogP contribution is 2.38. The summed E-state index contributed by atoms with van der Waals surface area (Å²) in [6.07, 6.45) is -9.83. The third-order valence-corrected chi connectivity index (χ3v) is 4.21. The largest absolute Gasteiger partial charge is 0.416 e. The van der Waals surface area contributed by atoms with Gasteiger partial charge in [0.1, 0.15) is 0 Å². The Hall–Kier alpha value is -3.20. The molecule has 0 N–H and O–H groups in total. The van der Waals surface area contributed by atoms with E-state index < -0.39 is 29.4 Å². The summed E-state index contributed by atoms with van der Waals surface area (Å²) >= 11 is 0. The molecule has 3 aromatic carbocycles. The van der Waals surface area contributed by atoms with Gasteiger partial charge in [-0.1, -0.05) is 60.4 Å². The maximum Gasteiger partial charge on any atom is 0.416 e. The van der Waals surface area contributed by atoms with E-state index in [0.29, 0.717) is 11.1 Å². The molecule has 3 rings (SSSR count). The van der Waals surface area contributed by atoms with E-state index in [1.807, 2.05) is 0 Å². The van der Waals surface area contributed by atoms with E-state index in [0.717, 1.165) is 12.1 Å². The van der Waals surface area contributed by atoms with Gasteiger partial charge in [-0.3, -0.25) is 0 Å². The van der Waals surface area contributed by atoms with E-state index in [2.05, 4.69) is 11.8 Å². The Morgan fingerprint density at radius 3 is 1.55 bits per heavy atom. The van der Waals surface area contributed by atoms with E-state index in [1.165, 1.54) is 0 Å². The van der Waals surface area contributed by atoms with E-state index in [1.54, 1.807) is 60.7 Å². The van der Waals surface area contributed by atoms with Crippen molar-refractivity contribution in [1.29, 1.82) is 0 Å². The number of benzene rings is 3. The lowest BCUT2D eigenvalue weighted by atomic mass is 9.89.